The van der Waals surface area contributed by atoms with Crippen molar-refractivity contribution in [3.8, 4) is 0 Å². The molecule has 0 bridgehead atoms. The minimum absolute atomic E-state index is 0.690. The molecule has 2 fully saturated rings. The van der Waals surface area contributed by atoms with Crippen molar-refractivity contribution in [2.24, 2.45) is 10.9 Å². The fourth-order valence-corrected chi connectivity index (χ4v) is 5.27. The van der Waals surface area contributed by atoms with E-state index >= 15 is 0 Å². The van der Waals surface area contributed by atoms with Gasteiger partial charge in [-0.2, -0.15) is 0 Å². The second-order valence-electron chi connectivity index (χ2n) is 8.95. The predicted octanol–water partition coefficient (Wildman–Crippen LogP) is 3.79. The number of aryl methyl sites for hydroxylation is 2. The van der Waals surface area contributed by atoms with Crippen LogP contribution in [0.1, 0.15) is 48.8 Å². The lowest BCUT2D eigenvalue weighted by Gasteiger charge is -2.48. The Morgan fingerprint density at radius 2 is 2.03 bits per heavy atom. The van der Waals surface area contributed by atoms with Crippen molar-refractivity contribution in [2.45, 2.75) is 59.0 Å². The Morgan fingerprint density at radius 3 is 2.77 bits per heavy atom. The van der Waals surface area contributed by atoms with Gasteiger partial charge >= 0.3 is 0 Å². The van der Waals surface area contributed by atoms with E-state index in [0.717, 1.165) is 62.5 Å². The number of nitrogens with one attached hydrogen (secondary N) is 1. The predicted molar refractivity (Wildman–Crippen MR) is 125 cm³/mol. The third-order valence-electron chi connectivity index (χ3n) is 6.85. The molecule has 4 rings (SSSR count). The van der Waals surface area contributed by atoms with Gasteiger partial charge in [0.1, 0.15) is 5.76 Å². The van der Waals surface area contributed by atoms with Crippen molar-refractivity contribution in [3.05, 3.63) is 52.9 Å². The number of piperidine rings is 2. The summed E-state index contributed by atoms with van der Waals surface area (Å²) in [5, 5.41) is 7.60. The zero-order valence-corrected chi connectivity index (χ0v) is 19.3. The number of guanidine groups is 1. The summed E-state index contributed by atoms with van der Waals surface area (Å²) in [6, 6.07) is 11.6. The minimum atomic E-state index is 0.690. The Kier molecular flexibility index (Phi) is 7.28. The van der Waals surface area contributed by atoms with Crippen molar-refractivity contribution >= 4 is 5.96 Å². The maximum Gasteiger partial charge on any atom is 0.193 e. The first-order valence-electron chi connectivity index (χ1n) is 11.9. The average Bonchev–Trinajstić information content (AvgIpc) is 3.11. The topological polar surface area (TPSA) is 56.9 Å². The third kappa shape index (κ3) is 5.29. The van der Waals surface area contributed by atoms with Crippen LogP contribution in [0.15, 0.2) is 39.8 Å². The van der Waals surface area contributed by atoms with Crippen LogP contribution in [0.5, 0.6) is 0 Å². The lowest BCUT2D eigenvalue weighted by atomic mass is 9.83. The largest absolute Gasteiger partial charge is 0.361 e. The van der Waals surface area contributed by atoms with Crippen LogP contribution in [0.4, 0.5) is 0 Å². The molecule has 0 saturated carbocycles. The van der Waals surface area contributed by atoms with Gasteiger partial charge in [-0.1, -0.05) is 35.5 Å². The number of likely N-dealkylation sites (tertiary alicyclic amines) is 2. The Labute approximate surface area is 186 Å². The van der Waals surface area contributed by atoms with Crippen LogP contribution < -0.4 is 5.32 Å². The number of nitrogens with zero attached hydrogens (tertiary/aromatic N) is 4. The van der Waals surface area contributed by atoms with E-state index in [2.05, 4.69) is 57.5 Å². The Bertz CT molecular complexity index is 843. The first kappa shape index (κ1) is 21.9. The van der Waals surface area contributed by atoms with E-state index in [-0.39, 0.29) is 0 Å². The summed E-state index contributed by atoms with van der Waals surface area (Å²) in [6.45, 7) is 12.3. The molecule has 2 atom stereocenters. The highest BCUT2D eigenvalue weighted by atomic mass is 16.5. The Hall–Kier alpha value is -2.34. The van der Waals surface area contributed by atoms with Crippen molar-refractivity contribution in [3.63, 3.8) is 0 Å². The Balaban J connectivity index is 1.38. The van der Waals surface area contributed by atoms with Crippen molar-refractivity contribution < 1.29 is 4.52 Å². The summed E-state index contributed by atoms with van der Waals surface area (Å²) in [5.41, 5.74) is 3.61. The molecule has 3 heterocycles. The smallest absolute Gasteiger partial charge is 0.193 e. The first-order valence-corrected chi connectivity index (χ1v) is 11.9. The lowest BCUT2D eigenvalue weighted by Crippen LogP contribution is -2.56. The molecule has 6 nitrogen and oxygen atoms in total. The highest BCUT2D eigenvalue weighted by molar-refractivity contribution is 5.80. The summed E-state index contributed by atoms with van der Waals surface area (Å²) in [6.07, 6.45) is 4.71. The van der Waals surface area contributed by atoms with Gasteiger partial charge in [-0.25, -0.2) is 0 Å². The molecule has 1 N–H and O–H groups in total. The van der Waals surface area contributed by atoms with Crippen LogP contribution in [0, 0.1) is 19.8 Å². The number of rotatable bonds is 6. The summed E-state index contributed by atoms with van der Waals surface area (Å²) in [4.78, 5) is 10.2. The van der Waals surface area contributed by atoms with Gasteiger partial charge in [-0.3, -0.25) is 9.89 Å². The minimum Gasteiger partial charge on any atom is -0.361 e. The van der Waals surface area contributed by atoms with Crippen molar-refractivity contribution in [2.75, 3.05) is 32.7 Å². The molecular weight excluding hydrogens is 386 g/mol. The number of fused-ring (bicyclic) bond motifs is 1. The van der Waals surface area contributed by atoms with Crippen LogP contribution >= 0.6 is 0 Å². The summed E-state index contributed by atoms with van der Waals surface area (Å²) in [7, 11) is 0. The molecule has 2 unspecified atom stereocenters. The van der Waals surface area contributed by atoms with Crippen molar-refractivity contribution in [1.82, 2.24) is 20.3 Å². The molecule has 0 amide bonds. The molecule has 1 aromatic heterocycles. The molecule has 0 aliphatic carbocycles. The zero-order valence-electron chi connectivity index (χ0n) is 19.3. The van der Waals surface area contributed by atoms with Crippen LogP contribution in [0.3, 0.4) is 0 Å². The van der Waals surface area contributed by atoms with E-state index in [9.17, 15) is 0 Å². The number of aromatic nitrogens is 1. The maximum absolute atomic E-state index is 5.30. The van der Waals surface area contributed by atoms with E-state index in [1.165, 1.54) is 36.9 Å². The first-order chi connectivity index (χ1) is 15.2. The number of benzene rings is 1. The molecule has 31 heavy (non-hydrogen) atoms. The number of hydrogen-bond donors (Lipinski definition) is 1. The van der Waals surface area contributed by atoms with E-state index in [4.69, 9.17) is 9.52 Å². The summed E-state index contributed by atoms with van der Waals surface area (Å²) < 4.78 is 5.30. The maximum atomic E-state index is 5.30. The SMILES string of the molecule is CCNC(=NCCc1c(C)noc1C)N1CCC2C(CCCN2Cc2ccccc2)C1. The number of hydrogen-bond acceptors (Lipinski definition) is 4. The van der Waals surface area contributed by atoms with Gasteiger partial charge in [-0.05, 0) is 64.5 Å². The monoisotopic (exact) mass is 423 g/mol. The molecular formula is C25H37N5O. The Morgan fingerprint density at radius 1 is 1.19 bits per heavy atom. The van der Waals surface area contributed by atoms with Gasteiger partial charge in [0.05, 0.1) is 5.69 Å². The van der Waals surface area contributed by atoms with Gasteiger partial charge in [0.2, 0.25) is 0 Å². The van der Waals surface area contributed by atoms with Gasteiger partial charge < -0.3 is 14.7 Å². The normalized spacial score (nSPS) is 22.4. The molecule has 0 radical (unpaired) electrons. The zero-order chi connectivity index (χ0) is 21.6. The second-order valence-corrected chi connectivity index (χ2v) is 8.95. The molecule has 2 saturated heterocycles. The van der Waals surface area contributed by atoms with Crippen LogP contribution in [-0.2, 0) is 13.0 Å². The van der Waals surface area contributed by atoms with E-state index in [0.29, 0.717) is 6.04 Å². The van der Waals surface area contributed by atoms with Gasteiger partial charge in [0, 0.05) is 44.3 Å². The van der Waals surface area contributed by atoms with E-state index in [1.807, 2.05) is 13.8 Å². The quantitative estimate of drug-likeness (QED) is 0.566. The van der Waals surface area contributed by atoms with Crippen LogP contribution in [0.2, 0.25) is 0 Å². The van der Waals surface area contributed by atoms with Crippen LogP contribution in [0.25, 0.3) is 0 Å². The average molecular weight is 424 g/mol. The standard InChI is InChI=1S/C25H37N5O/c1-4-26-25(27-14-12-23-19(2)28-31-20(23)3)30-16-13-24-22(18-30)11-8-15-29(24)17-21-9-6-5-7-10-21/h5-7,9-10,22,24H,4,8,11-18H2,1-3H3,(H,26,27). The number of aliphatic imine (C=N–C) groups is 1. The van der Waals surface area contributed by atoms with Gasteiger partial charge in [0.25, 0.3) is 0 Å². The molecule has 168 valence electrons. The lowest BCUT2D eigenvalue weighted by molar-refractivity contribution is 0.0372. The fourth-order valence-electron chi connectivity index (χ4n) is 5.27. The van der Waals surface area contributed by atoms with Crippen LogP contribution in [-0.4, -0.2) is 59.7 Å². The summed E-state index contributed by atoms with van der Waals surface area (Å²) in [5.74, 6) is 2.70. The highest BCUT2D eigenvalue weighted by Crippen LogP contribution is 2.31. The van der Waals surface area contributed by atoms with E-state index in [1.54, 1.807) is 0 Å². The van der Waals surface area contributed by atoms with E-state index < -0.39 is 0 Å². The van der Waals surface area contributed by atoms with Gasteiger partial charge in [-0.15, -0.1) is 0 Å². The molecule has 2 aliphatic heterocycles. The highest BCUT2D eigenvalue weighted by Gasteiger charge is 2.36. The summed E-state index contributed by atoms with van der Waals surface area (Å²) >= 11 is 0. The third-order valence-corrected chi connectivity index (χ3v) is 6.85. The molecule has 6 heteroatoms. The molecule has 1 aromatic carbocycles. The molecule has 2 aliphatic rings. The molecule has 0 spiro atoms. The van der Waals surface area contributed by atoms with Gasteiger partial charge in [0.15, 0.2) is 5.96 Å². The molecule has 2 aromatic rings. The fraction of sp³-hybridized carbons (Fsp3) is 0.600. The van der Waals surface area contributed by atoms with Crippen molar-refractivity contribution in [1.29, 1.82) is 0 Å². The second kappa shape index (κ2) is 10.3.